The molecule has 0 saturated carbocycles. The van der Waals surface area contributed by atoms with Gasteiger partial charge in [0, 0.05) is 18.8 Å². The van der Waals surface area contributed by atoms with E-state index in [1.54, 1.807) is 7.11 Å². The van der Waals surface area contributed by atoms with E-state index >= 15 is 0 Å². The lowest BCUT2D eigenvalue weighted by molar-refractivity contribution is 0.180. The monoisotopic (exact) mass is 323 g/mol. The molecule has 0 bridgehead atoms. The van der Waals surface area contributed by atoms with Crippen LogP contribution in [0.1, 0.15) is 6.42 Å². The van der Waals surface area contributed by atoms with E-state index < -0.39 is 0 Å². The molecule has 1 aliphatic rings. The molecule has 1 N–H and O–H groups in total. The maximum absolute atomic E-state index is 12.7. The van der Waals surface area contributed by atoms with Crippen LogP contribution in [-0.2, 0) is 0 Å². The molecule has 1 aromatic rings. The molecule has 122 valence electrons. The Labute approximate surface area is 137 Å². The summed E-state index contributed by atoms with van der Waals surface area (Å²) < 4.78 is 5.30. The minimum absolute atomic E-state index is 0.0427. The number of amides is 2. The average molecular weight is 323 g/mol. The fraction of sp³-hybridized carbons (Fsp3) is 0.562. The third-order valence-corrected chi connectivity index (χ3v) is 4.82. The number of ether oxygens (including phenoxy) is 1. The van der Waals surface area contributed by atoms with E-state index in [1.165, 1.54) is 0 Å². The number of thioether (sulfide) groups is 1. The first-order valence-corrected chi connectivity index (χ1v) is 8.70. The first-order valence-electron chi connectivity index (χ1n) is 7.55. The van der Waals surface area contributed by atoms with Gasteiger partial charge in [0.2, 0.25) is 0 Å². The Morgan fingerprint density at radius 2 is 2.23 bits per heavy atom. The summed E-state index contributed by atoms with van der Waals surface area (Å²) in [7, 11) is 5.71. The maximum atomic E-state index is 12.7. The number of urea groups is 1. The molecule has 1 aromatic carbocycles. The molecule has 5 nitrogen and oxygen atoms in total. The molecule has 1 saturated heterocycles. The normalized spacial score (nSPS) is 18.9. The molecule has 0 aliphatic carbocycles. The van der Waals surface area contributed by atoms with Crippen LogP contribution in [-0.4, -0.2) is 67.7 Å². The van der Waals surface area contributed by atoms with Gasteiger partial charge in [-0.3, -0.25) is 0 Å². The van der Waals surface area contributed by atoms with Gasteiger partial charge in [-0.1, -0.05) is 12.1 Å². The lowest BCUT2D eigenvalue weighted by atomic mass is 10.2. The largest absolute Gasteiger partial charge is 0.495 e. The van der Waals surface area contributed by atoms with Crippen molar-refractivity contribution in [1.82, 2.24) is 9.80 Å². The molecule has 2 rings (SSSR count). The van der Waals surface area contributed by atoms with Gasteiger partial charge in [-0.25, -0.2) is 4.79 Å². The lowest BCUT2D eigenvalue weighted by Crippen LogP contribution is -2.48. The number of hydrogen-bond donors (Lipinski definition) is 1. The molecule has 1 heterocycles. The molecule has 0 aromatic heterocycles. The van der Waals surface area contributed by atoms with Crippen molar-refractivity contribution in [1.29, 1.82) is 0 Å². The third-order valence-electron chi connectivity index (χ3n) is 3.62. The second kappa shape index (κ2) is 8.29. The van der Waals surface area contributed by atoms with Crippen LogP contribution in [0.15, 0.2) is 24.3 Å². The highest BCUT2D eigenvalue weighted by atomic mass is 32.2. The van der Waals surface area contributed by atoms with Crippen LogP contribution < -0.4 is 10.1 Å². The highest BCUT2D eigenvalue weighted by molar-refractivity contribution is 7.99. The molecule has 1 fully saturated rings. The molecule has 6 heteroatoms. The van der Waals surface area contributed by atoms with Crippen molar-refractivity contribution in [3.8, 4) is 5.75 Å². The molecule has 2 amide bonds. The number of nitrogens with one attached hydrogen (secondary N) is 1. The minimum atomic E-state index is -0.0427. The van der Waals surface area contributed by atoms with Crippen LogP contribution in [0.25, 0.3) is 0 Å². The smallest absolute Gasteiger partial charge is 0.322 e. The lowest BCUT2D eigenvalue weighted by Gasteiger charge is -2.31. The van der Waals surface area contributed by atoms with Crippen molar-refractivity contribution in [3.63, 3.8) is 0 Å². The predicted octanol–water partition coefficient (Wildman–Crippen LogP) is 2.60. The Morgan fingerprint density at radius 3 is 2.95 bits per heavy atom. The number of methoxy groups -OCH3 is 1. The number of nitrogens with zero attached hydrogens (tertiary/aromatic N) is 2. The average Bonchev–Trinajstić information content (AvgIpc) is 2.72. The van der Waals surface area contributed by atoms with Gasteiger partial charge in [-0.05, 0) is 38.4 Å². The SMILES string of the molecule is COc1ccccc1NC(=O)N1CCCSCC1CN(C)C. The van der Waals surface area contributed by atoms with Crippen molar-refractivity contribution in [2.75, 3.05) is 51.1 Å². The minimum Gasteiger partial charge on any atom is -0.495 e. The zero-order chi connectivity index (χ0) is 15.9. The summed E-state index contributed by atoms with van der Waals surface area (Å²) in [5.41, 5.74) is 0.718. The zero-order valence-electron chi connectivity index (χ0n) is 13.5. The van der Waals surface area contributed by atoms with Crippen LogP contribution in [0, 0.1) is 0 Å². The summed E-state index contributed by atoms with van der Waals surface area (Å²) in [6.07, 6.45) is 1.04. The highest BCUT2D eigenvalue weighted by Crippen LogP contribution is 2.24. The second-order valence-corrected chi connectivity index (χ2v) is 6.82. The van der Waals surface area contributed by atoms with Crippen molar-refractivity contribution in [2.45, 2.75) is 12.5 Å². The van der Waals surface area contributed by atoms with Crippen LogP contribution in [0.2, 0.25) is 0 Å². The first-order chi connectivity index (χ1) is 10.6. The topological polar surface area (TPSA) is 44.8 Å². The van der Waals surface area contributed by atoms with Gasteiger partial charge in [-0.15, -0.1) is 0 Å². The van der Waals surface area contributed by atoms with Crippen molar-refractivity contribution < 1.29 is 9.53 Å². The summed E-state index contributed by atoms with van der Waals surface area (Å²) in [6, 6.07) is 7.70. The Bertz CT molecular complexity index is 496. The van der Waals surface area contributed by atoms with Crippen LogP contribution in [0.4, 0.5) is 10.5 Å². The standard InChI is InChI=1S/C16H25N3O2S/c1-18(2)11-13-12-22-10-6-9-19(13)16(20)17-14-7-4-5-8-15(14)21-3/h4-5,7-8,13H,6,9-12H2,1-3H3,(H,17,20). The molecule has 0 spiro atoms. The van der Waals surface area contributed by atoms with Gasteiger partial charge in [0.15, 0.2) is 0 Å². The number of likely N-dealkylation sites (N-methyl/N-ethyl adjacent to an activating group) is 1. The quantitative estimate of drug-likeness (QED) is 0.925. The summed E-state index contributed by atoms with van der Waals surface area (Å²) in [5.74, 6) is 2.78. The number of carbonyl (C=O) groups excluding carboxylic acids is 1. The van der Waals surface area contributed by atoms with Crippen molar-refractivity contribution >= 4 is 23.5 Å². The molecule has 1 atom stereocenters. The van der Waals surface area contributed by atoms with Gasteiger partial charge in [0.25, 0.3) is 0 Å². The van der Waals surface area contributed by atoms with E-state index in [2.05, 4.69) is 10.2 Å². The number of rotatable bonds is 4. The van der Waals surface area contributed by atoms with Gasteiger partial charge < -0.3 is 19.9 Å². The maximum Gasteiger partial charge on any atom is 0.322 e. The van der Waals surface area contributed by atoms with Gasteiger partial charge in [-0.2, -0.15) is 11.8 Å². The van der Waals surface area contributed by atoms with Gasteiger partial charge >= 0.3 is 6.03 Å². The number of carbonyl (C=O) groups is 1. The second-order valence-electron chi connectivity index (χ2n) is 5.67. The Balaban J connectivity index is 2.10. The van der Waals surface area contributed by atoms with Crippen LogP contribution in [0.3, 0.4) is 0 Å². The molecule has 1 unspecified atom stereocenters. The van der Waals surface area contributed by atoms with E-state index in [0.717, 1.165) is 36.7 Å². The number of benzene rings is 1. The molecule has 22 heavy (non-hydrogen) atoms. The Hall–Kier alpha value is -1.40. The van der Waals surface area contributed by atoms with Gasteiger partial charge in [0.1, 0.15) is 5.75 Å². The molecular weight excluding hydrogens is 298 g/mol. The van der Waals surface area contributed by atoms with E-state index in [1.807, 2.05) is 55.0 Å². The third kappa shape index (κ3) is 4.55. The van der Waals surface area contributed by atoms with Crippen LogP contribution in [0.5, 0.6) is 5.75 Å². The highest BCUT2D eigenvalue weighted by Gasteiger charge is 2.26. The van der Waals surface area contributed by atoms with E-state index in [-0.39, 0.29) is 12.1 Å². The number of para-hydroxylation sites is 2. The number of anilines is 1. The fourth-order valence-electron chi connectivity index (χ4n) is 2.60. The van der Waals surface area contributed by atoms with E-state index in [4.69, 9.17) is 4.74 Å². The fourth-order valence-corrected chi connectivity index (χ4v) is 3.66. The molecule has 1 aliphatic heterocycles. The molecular formula is C16H25N3O2S. The Morgan fingerprint density at radius 1 is 1.45 bits per heavy atom. The Kier molecular flexibility index (Phi) is 6.39. The molecule has 0 radical (unpaired) electrons. The summed E-state index contributed by atoms with van der Waals surface area (Å²) >= 11 is 1.93. The van der Waals surface area contributed by atoms with Crippen molar-refractivity contribution in [2.24, 2.45) is 0 Å². The van der Waals surface area contributed by atoms with E-state index in [9.17, 15) is 4.79 Å². The van der Waals surface area contributed by atoms with E-state index in [0.29, 0.717) is 5.75 Å². The van der Waals surface area contributed by atoms with Gasteiger partial charge in [0.05, 0.1) is 18.8 Å². The summed E-state index contributed by atoms with van der Waals surface area (Å²) in [5, 5.41) is 3.00. The predicted molar refractivity (Wildman–Crippen MR) is 93.0 cm³/mol. The summed E-state index contributed by atoms with van der Waals surface area (Å²) in [4.78, 5) is 16.8. The number of hydrogen-bond acceptors (Lipinski definition) is 4. The first kappa shape index (κ1) is 17.0. The zero-order valence-corrected chi connectivity index (χ0v) is 14.4. The van der Waals surface area contributed by atoms with Crippen LogP contribution >= 0.6 is 11.8 Å². The van der Waals surface area contributed by atoms with Crippen molar-refractivity contribution in [3.05, 3.63) is 24.3 Å². The summed E-state index contributed by atoms with van der Waals surface area (Å²) in [6.45, 7) is 1.68.